The van der Waals surface area contributed by atoms with Crippen LogP contribution in [-0.4, -0.2) is 40.9 Å². The van der Waals surface area contributed by atoms with Gasteiger partial charge in [0, 0.05) is 30.3 Å². The van der Waals surface area contributed by atoms with Crippen molar-refractivity contribution in [3.05, 3.63) is 95.1 Å². The zero-order chi connectivity index (χ0) is 26.8. The van der Waals surface area contributed by atoms with Gasteiger partial charge in [-0.05, 0) is 60.4 Å². The fraction of sp³-hybridized carbons (Fsp3) is 0.167. The number of aryl methyl sites for hydroxylation is 1. The van der Waals surface area contributed by atoms with E-state index >= 15 is 0 Å². The van der Waals surface area contributed by atoms with Gasteiger partial charge in [0.15, 0.2) is 11.5 Å². The Hall–Kier alpha value is -4.72. The summed E-state index contributed by atoms with van der Waals surface area (Å²) in [5, 5.41) is 0. The quantitative estimate of drug-likeness (QED) is 0.327. The minimum atomic E-state index is -0.429. The standard InChI is InChI=1S/C30H24FN3O4/c1-17-12-20(31)6-9-23(17)27-18(2)15-33-29(30(27)36)25(35)13-19-4-7-21(8-5-19)38-26-10-11-32-24-14-22(37-3)16-34-28(24)26/h4-12,14,16H,13,15H2,1-3H3. The first-order chi connectivity index (χ1) is 18.3. The number of aliphatic imine (C=N–C) groups is 1. The van der Waals surface area contributed by atoms with E-state index in [1.54, 1.807) is 75.8 Å². The first kappa shape index (κ1) is 25.0. The Kier molecular flexibility index (Phi) is 6.79. The van der Waals surface area contributed by atoms with Gasteiger partial charge in [0.1, 0.15) is 28.5 Å². The number of ether oxygens (including phenoxy) is 2. The van der Waals surface area contributed by atoms with Crippen molar-refractivity contribution >= 4 is 33.9 Å². The number of allylic oxidation sites excluding steroid dienone is 1. The Balaban J connectivity index is 1.30. The molecule has 0 aliphatic carbocycles. The van der Waals surface area contributed by atoms with E-state index in [4.69, 9.17) is 9.47 Å². The molecule has 0 saturated carbocycles. The molecule has 2 aromatic heterocycles. The molecule has 1 aliphatic rings. The minimum absolute atomic E-state index is 0.0130. The van der Waals surface area contributed by atoms with Crippen molar-refractivity contribution in [2.24, 2.45) is 4.99 Å². The van der Waals surface area contributed by atoms with Crippen molar-refractivity contribution in [1.82, 2.24) is 9.97 Å². The van der Waals surface area contributed by atoms with Gasteiger partial charge in [-0.25, -0.2) is 9.37 Å². The monoisotopic (exact) mass is 509 g/mol. The lowest BCUT2D eigenvalue weighted by Crippen LogP contribution is -2.30. The third-order valence-corrected chi connectivity index (χ3v) is 6.33. The minimum Gasteiger partial charge on any atom is -0.495 e. The van der Waals surface area contributed by atoms with Crippen LogP contribution in [0.2, 0.25) is 0 Å². The number of aromatic nitrogens is 2. The number of hydrogen-bond donors (Lipinski definition) is 0. The largest absolute Gasteiger partial charge is 0.495 e. The van der Waals surface area contributed by atoms with Crippen LogP contribution < -0.4 is 9.47 Å². The number of rotatable bonds is 7. The molecule has 0 atom stereocenters. The number of carbonyl (C=O) groups is 2. The zero-order valence-electron chi connectivity index (χ0n) is 21.1. The fourth-order valence-corrected chi connectivity index (χ4v) is 4.39. The molecule has 0 unspecified atom stereocenters. The third kappa shape index (κ3) is 4.93. The van der Waals surface area contributed by atoms with E-state index in [1.807, 2.05) is 0 Å². The van der Waals surface area contributed by atoms with Crippen molar-refractivity contribution < 1.29 is 23.5 Å². The predicted octanol–water partition coefficient (Wildman–Crippen LogP) is 5.49. The number of hydrogen-bond acceptors (Lipinski definition) is 7. The van der Waals surface area contributed by atoms with Crippen LogP contribution in [0.4, 0.5) is 4.39 Å². The molecule has 38 heavy (non-hydrogen) atoms. The maximum Gasteiger partial charge on any atom is 0.215 e. The Labute approximate surface area is 218 Å². The van der Waals surface area contributed by atoms with Gasteiger partial charge in [-0.3, -0.25) is 19.6 Å². The SMILES string of the molecule is COc1cnc2c(Oc3ccc(CC(=O)C4=NCC(C)=C(c5ccc(F)cc5C)C4=O)cc3)ccnc2c1. The molecule has 8 heteroatoms. The van der Waals surface area contributed by atoms with Gasteiger partial charge < -0.3 is 9.47 Å². The van der Waals surface area contributed by atoms with Crippen LogP contribution in [0, 0.1) is 12.7 Å². The van der Waals surface area contributed by atoms with Gasteiger partial charge in [0.25, 0.3) is 0 Å². The molecule has 0 spiro atoms. The molecule has 0 radical (unpaired) electrons. The van der Waals surface area contributed by atoms with E-state index in [1.165, 1.54) is 12.1 Å². The topological polar surface area (TPSA) is 90.7 Å². The van der Waals surface area contributed by atoms with Gasteiger partial charge in [-0.1, -0.05) is 18.2 Å². The average Bonchev–Trinajstić information content (AvgIpc) is 2.90. The van der Waals surface area contributed by atoms with Crippen molar-refractivity contribution in [3.8, 4) is 17.2 Å². The molecular formula is C30H24FN3O4. The summed E-state index contributed by atoms with van der Waals surface area (Å²) in [4.78, 5) is 39.3. The lowest BCUT2D eigenvalue weighted by atomic mass is 9.87. The molecule has 4 aromatic rings. The maximum absolute atomic E-state index is 13.6. The second kappa shape index (κ2) is 10.3. The Morgan fingerprint density at radius 2 is 1.79 bits per heavy atom. The molecule has 7 nitrogen and oxygen atoms in total. The number of benzene rings is 2. The summed E-state index contributed by atoms with van der Waals surface area (Å²) >= 11 is 0. The summed E-state index contributed by atoms with van der Waals surface area (Å²) in [7, 11) is 1.56. The van der Waals surface area contributed by atoms with Gasteiger partial charge in [-0.15, -0.1) is 0 Å². The van der Waals surface area contributed by atoms with Crippen LogP contribution in [-0.2, 0) is 16.0 Å². The normalized spacial score (nSPS) is 13.5. The van der Waals surface area contributed by atoms with E-state index in [2.05, 4.69) is 15.0 Å². The molecule has 0 saturated heterocycles. The molecule has 3 heterocycles. The highest BCUT2D eigenvalue weighted by Crippen LogP contribution is 2.30. The first-order valence-corrected chi connectivity index (χ1v) is 12.0. The summed E-state index contributed by atoms with van der Waals surface area (Å²) in [6, 6.07) is 14.8. The van der Waals surface area contributed by atoms with Crippen LogP contribution in [0.15, 0.2) is 77.6 Å². The number of dihydropyridines is 1. The van der Waals surface area contributed by atoms with Gasteiger partial charge in [0.2, 0.25) is 5.78 Å². The highest BCUT2D eigenvalue weighted by Gasteiger charge is 2.29. The number of Topliss-reactive ketones (excluding diaryl/α,β-unsaturated/α-hetero) is 2. The lowest BCUT2D eigenvalue weighted by Gasteiger charge is -2.18. The fourth-order valence-electron chi connectivity index (χ4n) is 4.39. The Morgan fingerprint density at radius 3 is 2.53 bits per heavy atom. The molecule has 190 valence electrons. The molecular weight excluding hydrogens is 485 g/mol. The molecule has 5 rings (SSSR count). The Morgan fingerprint density at radius 1 is 1.00 bits per heavy atom. The maximum atomic E-state index is 13.6. The summed E-state index contributed by atoms with van der Waals surface area (Å²) < 4.78 is 24.8. The van der Waals surface area contributed by atoms with Gasteiger partial charge in [0.05, 0.1) is 25.4 Å². The van der Waals surface area contributed by atoms with Crippen LogP contribution in [0.25, 0.3) is 16.6 Å². The highest BCUT2D eigenvalue weighted by atomic mass is 19.1. The second-order valence-corrected chi connectivity index (χ2v) is 9.01. The van der Waals surface area contributed by atoms with E-state index in [-0.39, 0.29) is 30.3 Å². The third-order valence-electron chi connectivity index (χ3n) is 6.33. The van der Waals surface area contributed by atoms with Crippen LogP contribution in [0.5, 0.6) is 17.2 Å². The van der Waals surface area contributed by atoms with Gasteiger partial charge in [-0.2, -0.15) is 0 Å². The van der Waals surface area contributed by atoms with E-state index in [9.17, 15) is 14.0 Å². The number of carbonyl (C=O) groups excluding carboxylic acids is 2. The van der Waals surface area contributed by atoms with E-state index in [0.717, 1.165) is 5.57 Å². The zero-order valence-corrected chi connectivity index (χ0v) is 21.1. The average molecular weight is 510 g/mol. The molecule has 0 bridgehead atoms. The number of pyridine rings is 2. The highest BCUT2D eigenvalue weighted by molar-refractivity contribution is 6.74. The van der Waals surface area contributed by atoms with Crippen molar-refractivity contribution in [1.29, 1.82) is 0 Å². The lowest BCUT2D eigenvalue weighted by molar-refractivity contribution is -0.114. The summed E-state index contributed by atoms with van der Waals surface area (Å²) in [5.74, 6) is 0.523. The first-order valence-electron chi connectivity index (χ1n) is 12.0. The summed E-state index contributed by atoms with van der Waals surface area (Å²) in [6.45, 7) is 3.79. The molecule has 1 aliphatic heterocycles. The van der Waals surface area contributed by atoms with Crippen LogP contribution >= 0.6 is 0 Å². The summed E-state index contributed by atoms with van der Waals surface area (Å²) in [6.07, 6.45) is 3.24. The molecule has 0 amide bonds. The van der Waals surface area contributed by atoms with Gasteiger partial charge >= 0.3 is 0 Å². The molecule has 0 fully saturated rings. The van der Waals surface area contributed by atoms with Crippen molar-refractivity contribution in [2.75, 3.05) is 13.7 Å². The van der Waals surface area contributed by atoms with E-state index in [0.29, 0.717) is 50.5 Å². The smallest absolute Gasteiger partial charge is 0.215 e. The summed E-state index contributed by atoms with van der Waals surface area (Å²) in [5.41, 5.74) is 4.28. The molecule has 2 aromatic carbocycles. The second-order valence-electron chi connectivity index (χ2n) is 9.01. The number of methoxy groups -OCH3 is 1. The van der Waals surface area contributed by atoms with Crippen LogP contribution in [0.3, 0.4) is 0 Å². The number of halogens is 1. The molecule has 0 N–H and O–H groups in total. The van der Waals surface area contributed by atoms with Crippen molar-refractivity contribution in [2.45, 2.75) is 20.3 Å². The van der Waals surface area contributed by atoms with E-state index < -0.39 is 5.78 Å². The predicted molar refractivity (Wildman–Crippen MR) is 142 cm³/mol. The van der Waals surface area contributed by atoms with Crippen molar-refractivity contribution in [3.63, 3.8) is 0 Å². The number of ketones is 2. The van der Waals surface area contributed by atoms with Crippen LogP contribution in [0.1, 0.15) is 23.6 Å². The Bertz CT molecular complexity index is 1640. The number of nitrogens with zero attached hydrogens (tertiary/aromatic N) is 3. The number of fused-ring (bicyclic) bond motifs is 1.